The van der Waals surface area contributed by atoms with Gasteiger partial charge in [-0.25, -0.2) is 0 Å². The number of anilines is 1. The Bertz CT molecular complexity index is 1390. The van der Waals surface area contributed by atoms with Gasteiger partial charge in [0.25, 0.3) is 15.1 Å². The highest BCUT2D eigenvalue weighted by atomic mass is 32.2. The zero-order chi connectivity index (χ0) is 23.4. The van der Waals surface area contributed by atoms with Gasteiger partial charge in [-0.2, -0.15) is 13.0 Å². The maximum atomic E-state index is 11.2. The molecule has 4 rings (SSSR count). The molecular formula is C26H29N2O3S2+. The smallest absolute Gasteiger partial charge is 0.265 e. The van der Waals surface area contributed by atoms with Crippen molar-refractivity contribution in [2.24, 2.45) is 0 Å². The summed E-state index contributed by atoms with van der Waals surface area (Å²) < 4.78 is 35.0. The molecule has 1 aromatic heterocycles. The third-order valence-corrected chi connectivity index (χ3v) is 7.74. The van der Waals surface area contributed by atoms with Crippen LogP contribution in [0.1, 0.15) is 30.8 Å². The van der Waals surface area contributed by atoms with Crippen LogP contribution in [0, 0.1) is 0 Å². The summed E-state index contributed by atoms with van der Waals surface area (Å²) in [4.78, 5) is 2.31. The fraction of sp³-hybridized carbons (Fsp3) is 0.269. The van der Waals surface area contributed by atoms with Crippen LogP contribution in [0.2, 0.25) is 0 Å². The summed E-state index contributed by atoms with van der Waals surface area (Å²) in [6, 6.07) is 21.1. The van der Waals surface area contributed by atoms with Crippen LogP contribution >= 0.6 is 11.3 Å². The van der Waals surface area contributed by atoms with Crippen LogP contribution < -0.4 is 9.47 Å². The van der Waals surface area contributed by atoms with E-state index in [1.807, 2.05) is 12.1 Å². The Morgan fingerprint density at radius 1 is 0.970 bits per heavy atom. The van der Waals surface area contributed by atoms with E-state index < -0.39 is 10.1 Å². The average Bonchev–Trinajstić information content (AvgIpc) is 3.13. The van der Waals surface area contributed by atoms with Crippen LogP contribution in [-0.4, -0.2) is 31.8 Å². The predicted octanol–water partition coefficient (Wildman–Crippen LogP) is 5.64. The molecule has 172 valence electrons. The van der Waals surface area contributed by atoms with E-state index in [1.165, 1.54) is 11.1 Å². The van der Waals surface area contributed by atoms with E-state index in [0.29, 0.717) is 13.0 Å². The molecule has 0 unspecified atom stereocenters. The van der Waals surface area contributed by atoms with Gasteiger partial charge in [0.1, 0.15) is 4.70 Å². The second-order valence-electron chi connectivity index (χ2n) is 8.00. The molecule has 7 heteroatoms. The molecule has 0 atom stereocenters. The number of benzene rings is 3. The monoisotopic (exact) mass is 481 g/mol. The van der Waals surface area contributed by atoms with Gasteiger partial charge < -0.3 is 4.90 Å². The van der Waals surface area contributed by atoms with Gasteiger partial charge in [-0.05, 0) is 54.5 Å². The van der Waals surface area contributed by atoms with Gasteiger partial charge in [0.15, 0.2) is 6.54 Å². The van der Waals surface area contributed by atoms with Crippen molar-refractivity contribution in [1.82, 2.24) is 0 Å². The summed E-state index contributed by atoms with van der Waals surface area (Å²) in [6.07, 6.45) is 4.53. The van der Waals surface area contributed by atoms with Crippen molar-refractivity contribution >= 4 is 60.3 Å². The molecule has 0 aliphatic carbocycles. The third-order valence-electron chi connectivity index (χ3n) is 5.82. The van der Waals surface area contributed by atoms with Gasteiger partial charge in [0.2, 0.25) is 5.52 Å². The standard InChI is InChI=1S/C26H28N2O3S2/c1-3-27(4-2)23-13-10-20(11-14-23)12-15-26-28(16-7-17-33(29,30)31)24-18-21-8-5-6-9-22(21)19-25(24)32-26/h5-6,8-15,18-19H,3-4,7,16-17H2,1-2H3/p+1. The van der Waals surface area contributed by atoms with Crippen LogP contribution in [0.25, 0.3) is 33.1 Å². The number of nitrogens with zero attached hydrogens (tertiary/aromatic N) is 2. The SMILES string of the molecule is CCN(CC)c1ccc(/C=C/c2sc3cc4ccccc4cc3[n+]2CCCS(=O)(=O)O)cc1. The van der Waals surface area contributed by atoms with Crippen molar-refractivity contribution < 1.29 is 17.5 Å². The van der Waals surface area contributed by atoms with Crippen LogP contribution in [-0.2, 0) is 16.7 Å². The maximum Gasteiger partial charge on any atom is 0.265 e. The van der Waals surface area contributed by atoms with Crippen LogP contribution in [0.4, 0.5) is 5.69 Å². The number of hydrogen-bond acceptors (Lipinski definition) is 4. The minimum atomic E-state index is -3.98. The zero-order valence-electron chi connectivity index (χ0n) is 18.9. The number of hydrogen-bond donors (Lipinski definition) is 1. The number of aromatic nitrogens is 1. The first-order valence-corrected chi connectivity index (χ1v) is 13.6. The van der Waals surface area contributed by atoms with Crippen molar-refractivity contribution in [1.29, 1.82) is 0 Å². The summed E-state index contributed by atoms with van der Waals surface area (Å²) >= 11 is 1.69. The Hall–Kier alpha value is -2.74. The van der Waals surface area contributed by atoms with E-state index >= 15 is 0 Å². The first-order valence-electron chi connectivity index (χ1n) is 11.2. The molecule has 0 saturated heterocycles. The lowest BCUT2D eigenvalue weighted by atomic mass is 10.1. The Morgan fingerprint density at radius 3 is 2.27 bits per heavy atom. The highest BCUT2D eigenvalue weighted by Crippen LogP contribution is 2.28. The second-order valence-corrected chi connectivity index (χ2v) is 10.6. The summed E-state index contributed by atoms with van der Waals surface area (Å²) in [6.45, 7) is 6.78. The summed E-state index contributed by atoms with van der Waals surface area (Å²) in [5, 5.41) is 3.37. The highest BCUT2D eigenvalue weighted by molar-refractivity contribution is 7.85. The van der Waals surface area contributed by atoms with E-state index in [4.69, 9.17) is 4.55 Å². The number of thiazole rings is 1. The van der Waals surface area contributed by atoms with Crippen molar-refractivity contribution in [3.8, 4) is 0 Å². The van der Waals surface area contributed by atoms with E-state index in [2.05, 4.69) is 84.0 Å². The molecule has 0 spiro atoms. The quantitative estimate of drug-likeness (QED) is 0.248. The molecule has 0 amide bonds. The number of aryl methyl sites for hydroxylation is 1. The largest absolute Gasteiger partial charge is 0.372 e. The fourth-order valence-electron chi connectivity index (χ4n) is 4.10. The molecule has 3 aromatic carbocycles. The number of rotatable bonds is 9. The van der Waals surface area contributed by atoms with Crippen LogP contribution in [0.5, 0.6) is 0 Å². The average molecular weight is 482 g/mol. The highest BCUT2D eigenvalue weighted by Gasteiger charge is 2.20. The Balaban J connectivity index is 1.69. The molecule has 1 heterocycles. The molecule has 0 radical (unpaired) electrons. The van der Waals surface area contributed by atoms with Crippen molar-refractivity contribution in [2.75, 3.05) is 23.7 Å². The molecule has 0 aliphatic rings. The molecule has 0 bridgehead atoms. The third kappa shape index (κ3) is 5.61. The van der Waals surface area contributed by atoms with Crippen LogP contribution in [0.15, 0.2) is 60.7 Å². The van der Waals surface area contributed by atoms with Crippen molar-refractivity contribution in [3.05, 3.63) is 71.2 Å². The number of fused-ring (bicyclic) bond motifs is 2. The van der Waals surface area contributed by atoms with Gasteiger partial charge in [0, 0.05) is 37.3 Å². The molecule has 33 heavy (non-hydrogen) atoms. The molecule has 4 aromatic rings. The topological polar surface area (TPSA) is 61.5 Å². The Labute approximate surface area is 199 Å². The predicted molar refractivity (Wildman–Crippen MR) is 139 cm³/mol. The molecule has 0 aliphatic heterocycles. The van der Waals surface area contributed by atoms with E-state index in [1.54, 1.807) is 11.3 Å². The summed E-state index contributed by atoms with van der Waals surface area (Å²) in [5.41, 5.74) is 3.40. The summed E-state index contributed by atoms with van der Waals surface area (Å²) in [5.74, 6) is -0.249. The van der Waals surface area contributed by atoms with Gasteiger partial charge in [-0.15, -0.1) is 0 Å². The van der Waals surface area contributed by atoms with Gasteiger partial charge in [-0.1, -0.05) is 47.7 Å². The molecule has 5 nitrogen and oxygen atoms in total. The second kappa shape index (κ2) is 10.0. The first-order chi connectivity index (χ1) is 15.9. The summed E-state index contributed by atoms with van der Waals surface area (Å²) in [7, 11) is -3.98. The molecule has 0 fully saturated rings. The van der Waals surface area contributed by atoms with E-state index in [9.17, 15) is 8.42 Å². The zero-order valence-corrected chi connectivity index (χ0v) is 20.6. The Morgan fingerprint density at radius 2 is 1.64 bits per heavy atom. The maximum absolute atomic E-state index is 11.2. The van der Waals surface area contributed by atoms with Crippen LogP contribution in [0.3, 0.4) is 0 Å². The Kier molecular flexibility index (Phi) is 7.12. The minimum absolute atomic E-state index is 0.249. The van der Waals surface area contributed by atoms with Gasteiger partial charge in [-0.3, -0.25) is 4.55 Å². The van der Waals surface area contributed by atoms with Crippen molar-refractivity contribution in [3.63, 3.8) is 0 Å². The lowest BCUT2D eigenvalue weighted by Crippen LogP contribution is -2.36. The fourth-order valence-corrected chi connectivity index (χ4v) is 5.71. The molecule has 1 N–H and O–H groups in total. The lowest BCUT2D eigenvalue weighted by molar-refractivity contribution is -0.668. The van der Waals surface area contributed by atoms with Gasteiger partial charge >= 0.3 is 0 Å². The molecule has 0 saturated carbocycles. The van der Waals surface area contributed by atoms with Gasteiger partial charge in [0.05, 0.1) is 5.75 Å². The minimum Gasteiger partial charge on any atom is -0.372 e. The first kappa shape index (κ1) is 23.4. The lowest BCUT2D eigenvalue weighted by Gasteiger charge is -2.20. The molecular weight excluding hydrogens is 452 g/mol. The normalized spacial score (nSPS) is 12.2. The van der Waals surface area contributed by atoms with E-state index in [0.717, 1.165) is 39.3 Å². The van der Waals surface area contributed by atoms with E-state index in [-0.39, 0.29) is 5.75 Å². The van der Waals surface area contributed by atoms with Crippen molar-refractivity contribution in [2.45, 2.75) is 26.8 Å².